The Morgan fingerprint density at radius 1 is 0.810 bits per heavy atom. The molecule has 3 rings (SSSR count). The van der Waals surface area contributed by atoms with Crippen molar-refractivity contribution in [3.63, 3.8) is 0 Å². The molecule has 3 aromatic carbocycles. The molecule has 1 nitrogen and oxygen atoms in total. The van der Waals surface area contributed by atoms with Crippen LogP contribution >= 0.6 is 15.9 Å². The summed E-state index contributed by atoms with van der Waals surface area (Å²) in [5.74, 6) is 0.907. The molecule has 0 aromatic heterocycles. The highest BCUT2D eigenvalue weighted by molar-refractivity contribution is 9.10. The summed E-state index contributed by atoms with van der Waals surface area (Å²) in [5, 5.41) is 2.40. The van der Waals surface area contributed by atoms with Gasteiger partial charge in [0.25, 0.3) is 0 Å². The Bertz CT molecular complexity index is 747. The largest absolute Gasteiger partial charge is 0.489 e. The normalized spacial score (nSPS) is 10.8. The van der Waals surface area contributed by atoms with E-state index in [0.29, 0.717) is 6.61 Å². The molecule has 0 amide bonds. The van der Waals surface area contributed by atoms with Crippen LogP contribution in [0.25, 0.3) is 10.8 Å². The summed E-state index contributed by atoms with van der Waals surface area (Å²) in [6.45, 7) is 2.77. The first-order chi connectivity index (χ1) is 10.2. The number of fused-ring (bicyclic) bond motifs is 1. The summed E-state index contributed by atoms with van der Waals surface area (Å²) in [4.78, 5) is 0. The van der Waals surface area contributed by atoms with Crippen molar-refractivity contribution < 1.29 is 4.74 Å². The summed E-state index contributed by atoms with van der Waals surface area (Å²) in [5.41, 5.74) is 2.55. The Hall–Kier alpha value is -1.80. The lowest BCUT2D eigenvalue weighted by atomic mass is 10.1. The van der Waals surface area contributed by atoms with Crippen molar-refractivity contribution >= 4 is 26.7 Å². The molecule has 0 bridgehead atoms. The van der Waals surface area contributed by atoms with E-state index in [1.807, 2.05) is 6.07 Å². The maximum Gasteiger partial charge on any atom is 0.120 e. The molecule has 0 radical (unpaired) electrons. The van der Waals surface area contributed by atoms with E-state index < -0.39 is 0 Å². The van der Waals surface area contributed by atoms with Gasteiger partial charge in [0.1, 0.15) is 12.4 Å². The van der Waals surface area contributed by atoms with E-state index in [9.17, 15) is 0 Å². The molecular formula is C19H17BrO. The Labute approximate surface area is 133 Å². The predicted molar refractivity (Wildman–Crippen MR) is 91.8 cm³/mol. The zero-order chi connectivity index (χ0) is 14.7. The molecule has 0 aliphatic carbocycles. The lowest BCUT2D eigenvalue weighted by Gasteiger charge is -2.08. The molecule has 0 aliphatic heterocycles. The van der Waals surface area contributed by atoms with Gasteiger partial charge in [-0.3, -0.25) is 0 Å². The summed E-state index contributed by atoms with van der Waals surface area (Å²) in [6, 6.07) is 21.1. The van der Waals surface area contributed by atoms with Crippen LogP contribution in [0.4, 0.5) is 0 Å². The predicted octanol–water partition coefficient (Wildman–Crippen LogP) is 5.74. The topological polar surface area (TPSA) is 9.23 Å². The fourth-order valence-electron chi connectivity index (χ4n) is 2.32. The average Bonchev–Trinajstić information content (AvgIpc) is 2.53. The van der Waals surface area contributed by atoms with Crippen LogP contribution in [0.2, 0.25) is 0 Å². The Kier molecular flexibility index (Phi) is 4.26. The number of ether oxygens (including phenoxy) is 1. The van der Waals surface area contributed by atoms with E-state index in [0.717, 1.165) is 16.6 Å². The third-order valence-corrected chi connectivity index (χ3v) is 4.10. The molecule has 0 atom stereocenters. The van der Waals surface area contributed by atoms with Gasteiger partial charge in [0.15, 0.2) is 0 Å². The summed E-state index contributed by atoms with van der Waals surface area (Å²) < 4.78 is 6.99. The van der Waals surface area contributed by atoms with Crippen LogP contribution in [0, 0.1) is 0 Å². The van der Waals surface area contributed by atoms with Crippen molar-refractivity contribution in [1.29, 1.82) is 0 Å². The second-order valence-electron chi connectivity index (χ2n) is 5.11. The maximum absolute atomic E-state index is 5.89. The molecule has 0 fully saturated rings. The molecule has 0 heterocycles. The van der Waals surface area contributed by atoms with E-state index in [-0.39, 0.29) is 0 Å². The van der Waals surface area contributed by atoms with E-state index in [1.54, 1.807) is 0 Å². The number of aryl methyl sites for hydroxylation is 1. The highest BCUT2D eigenvalue weighted by Crippen LogP contribution is 2.24. The maximum atomic E-state index is 5.89. The average molecular weight is 341 g/mol. The smallest absolute Gasteiger partial charge is 0.120 e. The Morgan fingerprint density at radius 3 is 2.24 bits per heavy atom. The lowest BCUT2D eigenvalue weighted by molar-refractivity contribution is 0.306. The van der Waals surface area contributed by atoms with Crippen molar-refractivity contribution in [2.45, 2.75) is 20.0 Å². The van der Waals surface area contributed by atoms with Crippen molar-refractivity contribution in [2.24, 2.45) is 0 Å². The standard InChI is InChI=1S/C19H17BrO/c1-2-14-3-5-15(6-4-14)13-21-19-10-8-16-11-18(20)9-7-17(16)12-19/h3-12H,2,13H2,1H3. The van der Waals surface area contributed by atoms with E-state index in [1.165, 1.54) is 21.9 Å². The highest BCUT2D eigenvalue weighted by Gasteiger charge is 2.00. The summed E-state index contributed by atoms with van der Waals surface area (Å²) >= 11 is 3.49. The molecule has 0 saturated heterocycles. The van der Waals surface area contributed by atoms with Crippen LogP contribution in [-0.4, -0.2) is 0 Å². The van der Waals surface area contributed by atoms with Crippen LogP contribution in [0.1, 0.15) is 18.1 Å². The summed E-state index contributed by atoms with van der Waals surface area (Å²) in [7, 11) is 0. The van der Waals surface area contributed by atoms with Crippen LogP contribution in [0.5, 0.6) is 5.75 Å². The van der Waals surface area contributed by atoms with E-state index in [4.69, 9.17) is 4.74 Å². The molecule has 0 spiro atoms. The minimum absolute atomic E-state index is 0.603. The van der Waals surface area contributed by atoms with Gasteiger partial charge in [0.05, 0.1) is 0 Å². The fourth-order valence-corrected chi connectivity index (χ4v) is 2.70. The second kappa shape index (κ2) is 6.31. The number of rotatable bonds is 4. The second-order valence-corrected chi connectivity index (χ2v) is 6.03. The van der Waals surface area contributed by atoms with Gasteiger partial charge in [-0.2, -0.15) is 0 Å². The molecule has 2 heteroatoms. The van der Waals surface area contributed by atoms with Crippen molar-refractivity contribution in [1.82, 2.24) is 0 Å². The molecule has 106 valence electrons. The van der Waals surface area contributed by atoms with Crippen LogP contribution in [0.3, 0.4) is 0 Å². The zero-order valence-electron chi connectivity index (χ0n) is 12.0. The molecule has 0 N–H and O–H groups in total. The Morgan fingerprint density at radius 2 is 1.48 bits per heavy atom. The van der Waals surface area contributed by atoms with Gasteiger partial charge in [-0.1, -0.05) is 59.3 Å². The minimum Gasteiger partial charge on any atom is -0.489 e. The fraction of sp³-hybridized carbons (Fsp3) is 0.158. The Balaban J connectivity index is 1.73. The van der Waals surface area contributed by atoms with Gasteiger partial charge < -0.3 is 4.74 Å². The monoisotopic (exact) mass is 340 g/mol. The quantitative estimate of drug-likeness (QED) is 0.588. The van der Waals surface area contributed by atoms with Gasteiger partial charge in [-0.15, -0.1) is 0 Å². The lowest BCUT2D eigenvalue weighted by Crippen LogP contribution is -1.95. The zero-order valence-corrected chi connectivity index (χ0v) is 13.6. The van der Waals surface area contributed by atoms with Crippen molar-refractivity contribution in [3.8, 4) is 5.75 Å². The number of hydrogen-bond acceptors (Lipinski definition) is 1. The molecule has 3 aromatic rings. The SMILES string of the molecule is CCc1ccc(COc2ccc3cc(Br)ccc3c2)cc1. The first-order valence-electron chi connectivity index (χ1n) is 7.14. The van der Waals surface area contributed by atoms with E-state index >= 15 is 0 Å². The molecule has 21 heavy (non-hydrogen) atoms. The van der Waals surface area contributed by atoms with Crippen molar-refractivity contribution in [2.75, 3.05) is 0 Å². The van der Waals surface area contributed by atoms with Gasteiger partial charge in [0, 0.05) is 4.47 Å². The molecule has 0 unspecified atom stereocenters. The third kappa shape index (κ3) is 3.45. The van der Waals surface area contributed by atoms with Gasteiger partial charge >= 0.3 is 0 Å². The first-order valence-corrected chi connectivity index (χ1v) is 7.94. The van der Waals surface area contributed by atoms with Crippen LogP contribution in [-0.2, 0) is 13.0 Å². The molecule has 0 saturated carbocycles. The number of halogens is 1. The van der Waals surface area contributed by atoms with Gasteiger partial charge in [-0.05, 0) is 52.6 Å². The van der Waals surface area contributed by atoms with Crippen LogP contribution in [0.15, 0.2) is 65.1 Å². The first kappa shape index (κ1) is 14.2. The van der Waals surface area contributed by atoms with Gasteiger partial charge in [-0.25, -0.2) is 0 Å². The van der Waals surface area contributed by atoms with E-state index in [2.05, 4.69) is 77.5 Å². The van der Waals surface area contributed by atoms with Crippen LogP contribution < -0.4 is 4.74 Å². The minimum atomic E-state index is 0.603. The molecular weight excluding hydrogens is 324 g/mol. The van der Waals surface area contributed by atoms with Gasteiger partial charge in [0.2, 0.25) is 0 Å². The van der Waals surface area contributed by atoms with Crippen molar-refractivity contribution in [3.05, 3.63) is 76.3 Å². The summed E-state index contributed by atoms with van der Waals surface area (Å²) in [6.07, 6.45) is 1.07. The third-order valence-electron chi connectivity index (χ3n) is 3.61. The number of benzene rings is 3. The molecule has 0 aliphatic rings. The number of hydrogen-bond donors (Lipinski definition) is 0. The highest BCUT2D eigenvalue weighted by atomic mass is 79.9.